The van der Waals surface area contributed by atoms with Crippen LogP contribution in [0.1, 0.15) is 12.5 Å². The summed E-state index contributed by atoms with van der Waals surface area (Å²) >= 11 is 1.25. The normalized spacial score (nSPS) is 10.4. The lowest BCUT2D eigenvalue weighted by Gasteiger charge is -2.09. The third kappa shape index (κ3) is 4.68. The van der Waals surface area contributed by atoms with Gasteiger partial charge in [0.15, 0.2) is 11.7 Å². The van der Waals surface area contributed by atoms with E-state index in [0.717, 1.165) is 12.0 Å². The van der Waals surface area contributed by atoms with Crippen LogP contribution in [0.15, 0.2) is 53.9 Å². The Balaban J connectivity index is 1.63. The molecule has 2 aromatic carbocycles. The molecule has 1 aromatic heterocycles. The molecule has 7 nitrogen and oxygen atoms in total. The fourth-order valence-electron chi connectivity index (χ4n) is 2.48. The number of hydrogen-bond donors (Lipinski definition) is 1. The molecule has 138 valence electrons. The molecule has 0 atom stereocenters. The van der Waals surface area contributed by atoms with Crippen LogP contribution in [0.4, 0.5) is 10.8 Å². The predicted octanol–water partition coefficient (Wildman–Crippen LogP) is 4.30. The van der Waals surface area contributed by atoms with Gasteiger partial charge in [-0.2, -0.15) is 0 Å². The molecule has 0 aliphatic rings. The molecule has 0 aliphatic carbocycles. The summed E-state index contributed by atoms with van der Waals surface area (Å²) in [7, 11) is 0. The van der Waals surface area contributed by atoms with Gasteiger partial charge < -0.3 is 4.74 Å². The third-order valence-corrected chi connectivity index (χ3v) is 4.57. The maximum atomic E-state index is 12.1. The molecule has 0 radical (unpaired) electrons. The molecule has 1 N–H and O–H groups in total. The van der Waals surface area contributed by atoms with Gasteiger partial charge in [-0.15, -0.1) is 11.3 Å². The minimum absolute atomic E-state index is 0.00549. The number of ether oxygens (including phenoxy) is 1. The highest BCUT2D eigenvalue weighted by molar-refractivity contribution is 7.14. The average molecular weight is 383 g/mol. The molecule has 0 spiro atoms. The summed E-state index contributed by atoms with van der Waals surface area (Å²) in [6.07, 6.45) is 0.816. The molecule has 27 heavy (non-hydrogen) atoms. The van der Waals surface area contributed by atoms with Crippen molar-refractivity contribution in [2.45, 2.75) is 13.3 Å². The molecule has 0 fully saturated rings. The summed E-state index contributed by atoms with van der Waals surface area (Å²) in [5.74, 6) is 0.368. The number of nitro benzene ring substituents is 1. The first kappa shape index (κ1) is 18.5. The molecule has 0 saturated carbocycles. The van der Waals surface area contributed by atoms with Crippen molar-refractivity contribution < 1.29 is 14.5 Å². The van der Waals surface area contributed by atoms with Crippen LogP contribution in [0.5, 0.6) is 5.75 Å². The molecule has 0 saturated heterocycles. The standard InChI is InChI=1S/C19H17N3O4S/c1-2-13-6-3-4-9-17(13)26-11-18(23)21-19-20-16(12-27-19)14-7-5-8-15(10-14)22(24)25/h3-10,12H,2,11H2,1H3,(H,20,21,23). The summed E-state index contributed by atoms with van der Waals surface area (Å²) in [4.78, 5) is 26.9. The highest BCUT2D eigenvalue weighted by atomic mass is 32.1. The Hall–Kier alpha value is -3.26. The summed E-state index contributed by atoms with van der Waals surface area (Å²) in [6, 6.07) is 13.8. The van der Waals surface area contributed by atoms with E-state index >= 15 is 0 Å². The number of aromatic nitrogens is 1. The first-order chi connectivity index (χ1) is 13.1. The van der Waals surface area contributed by atoms with Gasteiger partial charge in [-0.3, -0.25) is 20.2 Å². The molecular weight excluding hydrogens is 366 g/mol. The number of anilines is 1. The molecule has 1 amide bonds. The monoisotopic (exact) mass is 383 g/mol. The first-order valence-electron chi connectivity index (χ1n) is 8.27. The number of amides is 1. The number of nitro groups is 1. The molecule has 3 rings (SSSR count). The van der Waals surface area contributed by atoms with E-state index in [1.807, 2.05) is 31.2 Å². The lowest BCUT2D eigenvalue weighted by atomic mass is 10.1. The Bertz CT molecular complexity index is 971. The molecule has 1 heterocycles. The molecule has 0 bridgehead atoms. The highest BCUT2D eigenvalue weighted by Gasteiger charge is 2.12. The zero-order valence-electron chi connectivity index (χ0n) is 14.5. The van der Waals surface area contributed by atoms with Crippen LogP contribution in [0.2, 0.25) is 0 Å². The largest absolute Gasteiger partial charge is 0.483 e. The summed E-state index contributed by atoms with van der Waals surface area (Å²) in [5.41, 5.74) is 2.21. The van der Waals surface area contributed by atoms with Crippen LogP contribution in [-0.2, 0) is 11.2 Å². The minimum atomic E-state index is -0.454. The van der Waals surface area contributed by atoms with Crippen molar-refractivity contribution >= 4 is 28.1 Å². The van der Waals surface area contributed by atoms with Gasteiger partial charge in [0, 0.05) is 23.1 Å². The van der Waals surface area contributed by atoms with Gasteiger partial charge >= 0.3 is 0 Å². The molecule has 0 unspecified atom stereocenters. The summed E-state index contributed by atoms with van der Waals surface area (Å²) < 4.78 is 5.59. The topological polar surface area (TPSA) is 94.4 Å². The van der Waals surface area contributed by atoms with Crippen molar-refractivity contribution in [1.82, 2.24) is 4.98 Å². The lowest BCUT2D eigenvalue weighted by molar-refractivity contribution is -0.384. The Morgan fingerprint density at radius 1 is 1.26 bits per heavy atom. The summed E-state index contributed by atoms with van der Waals surface area (Å²) in [5, 5.41) is 15.7. The van der Waals surface area contributed by atoms with Gasteiger partial charge in [-0.25, -0.2) is 4.98 Å². The predicted molar refractivity (Wildman–Crippen MR) is 104 cm³/mol. The van der Waals surface area contributed by atoms with Gasteiger partial charge in [0.05, 0.1) is 10.6 Å². The van der Waals surface area contributed by atoms with Crippen LogP contribution in [0.25, 0.3) is 11.3 Å². The van der Waals surface area contributed by atoms with E-state index in [1.165, 1.54) is 23.5 Å². The Morgan fingerprint density at radius 2 is 2.07 bits per heavy atom. The van der Waals surface area contributed by atoms with E-state index < -0.39 is 4.92 Å². The third-order valence-electron chi connectivity index (χ3n) is 3.82. The summed E-state index contributed by atoms with van der Waals surface area (Å²) in [6.45, 7) is 1.90. The molecular formula is C19H17N3O4S. The van der Waals surface area contributed by atoms with Crippen molar-refractivity contribution in [1.29, 1.82) is 0 Å². The minimum Gasteiger partial charge on any atom is -0.483 e. The van der Waals surface area contributed by atoms with Crippen LogP contribution < -0.4 is 10.1 Å². The van der Waals surface area contributed by atoms with Gasteiger partial charge in [-0.05, 0) is 18.1 Å². The number of hydrogen-bond acceptors (Lipinski definition) is 6. The maximum Gasteiger partial charge on any atom is 0.270 e. The zero-order chi connectivity index (χ0) is 19.2. The number of carbonyl (C=O) groups is 1. The van der Waals surface area contributed by atoms with Crippen molar-refractivity contribution in [3.63, 3.8) is 0 Å². The zero-order valence-corrected chi connectivity index (χ0v) is 15.4. The number of nitrogens with zero attached hydrogens (tertiary/aromatic N) is 2. The van der Waals surface area contributed by atoms with Gasteiger partial charge in [0.2, 0.25) is 0 Å². The van der Waals surface area contributed by atoms with Crippen molar-refractivity contribution in [2.75, 3.05) is 11.9 Å². The fourth-order valence-corrected chi connectivity index (χ4v) is 3.21. The van der Waals surface area contributed by atoms with Crippen molar-refractivity contribution in [3.05, 3.63) is 69.6 Å². The number of aryl methyl sites for hydroxylation is 1. The Labute approximate surface area is 159 Å². The maximum absolute atomic E-state index is 12.1. The number of non-ortho nitro benzene ring substituents is 1. The smallest absolute Gasteiger partial charge is 0.270 e. The Morgan fingerprint density at radius 3 is 2.85 bits per heavy atom. The van der Waals surface area contributed by atoms with Crippen molar-refractivity contribution in [3.8, 4) is 17.0 Å². The van der Waals surface area contributed by atoms with Gasteiger partial charge in [0.1, 0.15) is 5.75 Å². The number of rotatable bonds is 7. The van der Waals surface area contributed by atoms with E-state index in [2.05, 4.69) is 10.3 Å². The van der Waals surface area contributed by atoms with E-state index in [1.54, 1.807) is 17.5 Å². The molecule has 8 heteroatoms. The first-order valence-corrected chi connectivity index (χ1v) is 9.15. The van der Waals surface area contributed by atoms with Crippen molar-refractivity contribution in [2.24, 2.45) is 0 Å². The van der Waals surface area contributed by atoms with E-state index in [0.29, 0.717) is 22.1 Å². The van der Waals surface area contributed by atoms with Crippen LogP contribution >= 0.6 is 11.3 Å². The van der Waals surface area contributed by atoms with E-state index in [9.17, 15) is 14.9 Å². The SMILES string of the molecule is CCc1ccccc1OCC(=O)Nc1nc(-c2cccc([N+](=O)[O-])c2)cs1. The number of benzene rings is 2. The van der Waals surface area contributed by atoms with Crippen LogP contribution in [0, 0.1) is 10.1 Å². The second-order valence-electron chi connectivity index (χ2n) is 5.64. The van der Waals surface area contributed by atoms with E-state index in [-0.39, 0.29) is 18.2 Å². The van der Waals surface area contributed by atoms with Gasteiger partial charge in [0.25, 0.3) is 11.6 Å². The van der Waals surface area contributed by atoms with Crippen LogP contribution in [-0.4, -0.2) is 22.4 Å². The molecule has 3 aromatic rings. The number of carbonyl (C=O) groups excluding carboxylic acids is 1. The molecule has 0 aliphatic heterocycles. The van der Waals surface area contributed by atoms with Gasteiger partial charge in [-0.1, -0.05) is 37.3 Å². The second kappa shape index (κ2) is 8.41. The second-order valence-corrected chi connectivity index (χ2v) is 6.50. The lowest BCUT2D eigenvalue weighted by Crippen LogP contribution is -2.20. The highest BCUT2D eigenvalue weighted by Crippen LogP contribution is 2.27. The number of nitrogens with one attached hydrogen (secondary N) is 1. The van der Waals surface area contributed by atoms with E-state index in [4.69, 9.17) is 4.74 Å². The average Bonchev–Trinajstić information content (AvgIpc) is 3.15. The number of para-hydroxylation sites is 1. The van der Waals surface area contributed by atoms with Crippen LogP contribution in [0.3, 0.4) is 0 Å². The quantitative estimate of drug-likeness (QED) is 0.485. The number of thiazole rings is 1. The fraction of sp³-hybridized carbons (Fsp3) is 0.158. The Kier molecular flexibility index (Phi) is 5.77.